The third kappa shape index (κ3) is 6.83. The minimum absolute atomic E-state index is 0.0222. The molecule has 0 aliphatic heterocycles. The van der Waals surface area contributed by atoms with Crippen LogP contribution in [0.2, 0.25) is 5.02 Å². The average Bonchev–Trinajstić information content (AvgIpc) is 2.77. The smallest absolute Gasteiger partial charge is 0.265 e. The van der Waals surface area contributed by atoms with Crippen LogP contribution in [0.5, 0.6) is 5.75 Å². The number of rotatable bonds is 7. The van der Waals surface area contributed by atoms with Gasteiger partial charge in [0.25, 0.3) is 11.8 Å². The maximum Gasteiger partial charge on any atom is 0.265 e. The van der Waals surface area contributed by atoms with E-state index in [1.54, 1.807) is 48.5 Å². The molecule has 0 heterocycles. The van der Waals surface area contributed by atoms with Crippen molar-refractivity contribution in [1.82, 2.24) is 0 Å². The molecule has 3 rings (SSSR count). The standard InChI is InChI=1S/C27H29ClN2O3/c1-5-24(33-23-11-6-8-20(28)16-23)26(32)30-22-10-7-9-21(17-22)29-25(31)18-12-14-19(15-13-18)27(2,3)4/h6-17,24H,5H2,1-4H3,(H,29,31)(H,30,32). The van der Waals surface area contributed by atoms with Crippen molar-refractivity contribution < 1.29 is 14.3 Å². The minimum atomic E-state index is -0.678. The van der Waals surface area contributed by atoms with Gasteiger partial charge in [0.15, 0.2) is 6.10 Å². The highest BCUT2D eigenvalue weighted by molar-refractivity contribution is 6.30. The van der Waals surface area contributed by atoms with Crippen molar-refractivity contribution in [3.8, 4) is 5.75 Å². The molecule has 0 radical (unpaired) electrons. The van der Waals surface area contributed by atoms with Crippen molar-refractivity contribution in [1.29, 1.82) is 0 Å². The molecule has 1 unspecified atom stereocenters. The maximum absolute atomic E-state index is 12.7. The second kappa shape index (κ2) is 10.5. The summed E-state index contributed by atoms with van der Waals surface area (Å²) in [4.78, 5) is 25.4. The Hall–Kier alpha value is -3.31. The lowest BCUT2D eigenvalue weighted by atomic mass is 9.87. The van der Waals surface area contributed by atoms with Gasteiger partial charge in [-0.25, -0.2) is 0 Å². The number of benzene rings is 3. The Morgan fingerprint density at radius 1 is 0.909 bits per heavy atom. The summed E-state index contributed by atoms with van der Waals surface area (Å²) in [6.45, 7) is 8.26. The molecule has 0 spiro atoms. The Labute approximate surface area is 200 Å². The largest absolute Gasteiger partial charge is 0.481 e. The third-order valence-corrected chi connectivity index (χ3v) is 5.37. The monoisotopic (exact) mass is 464 g/mol. The van der Waals surface area contributed by atoms with Crippen LogP contribution in [-0.4, -0.2) is 17.9 Å². The molecule has 5 nitrogen and oxygen atoms in total. The van der Waals surface area contributed by atoms with Crippen molar-refractivity contribution in [2.45, 2.75) is 45.6 Å². The first kappa shape index (κ1) is 24.3. The summed E-state index contributed by atoms with van der Waals surface area (Å²) < 4.78 is 5.80. The van der Waals surface area contributed by atoms with Gasteiger partial charge in [-0.3, -0.25) is 9.59 Å². The lowest BCUT2D eigenvalue weighted by Gasteiger charge is -2.19. The van der Waals surface area contributed by atoms with Gasteiger partial charge < -0.3 is 15.4 Å². The Balaban J connectivity index is 1.65. The zero-order chi connectivity index (χ0) is 24.0. The fraction of sp³-hybridized carbons (Fsp3) is 0.259. The van der Waals surface area contributed by atoms with Crippen LogP contribution in [0.15, 0.2) is 72.8 Å². The van der Waals surface area contributed by atoms with Crippen LogP contribution in [-0.2, 0) is 10.2 Å². The van der Waals surface area contributed by atoms with Gasteiger partial charge in [-0.15, -0.1) is 0 Å². The van der Waals surface area contributed by atoms with Crippen LogP contribution >= 0.6 is 11.6 Å². The molecular weight excluding hydrogens is 436 g/mol. The molecule has 33 heavy (non-hydrogen) atoms. The van der Waals surface area contributed by atoms with E-state index >= 15 is 0 Å². The second-order valence-electron chi connectivity index (χ2n) is 8.82. The van der Waals surface area contributed by atoms with Gasteiger partial charge in [0.2, 0.25) is 0 Å². The third-order valence-electron chi connectivity index (χ3n) is 5.14. The first-order valence-corrected chi connectivity index (χ1v) is 11.3. The van der Waals surface area contributed by atoms with E-state index in [0.717, 1.165) is 5.56 Å². The summed E-state index contributed by atoms with van der Waals surface area (Å²) in [5.74, 6) is 0.0383. The summed E-state index contributed by atoms with van der Waals surface area (Å²) in [6, 6.07) is 21.5. The van der Waals surface area contributed by atoms with E-state index < -0.39 is 6.10 Å². The number of halogens is 1. The number of anilines is 2. The minimum Gasteiger partial charge on any atom is -0.481 e. The fourth-order valence-electron chi connectivity index (χ4n) is 3.25. The van der Waals surface area contributed by atoms with Crippen molar-refractivity contribution in [2.75, 3.05) is 10.6 Å². The lowest BCUT2D eigenvalue weighted by molar-refractivity contribution is -0.122. The molecule has 0 aliphatic rings. The first-order chi connectivity index (χ1) is 15.7. The van der Waals surface area contributed by atoms with E-state index in [2.05, 4.69) is 31.4 Å². The predicted molar refractivity (Wildman–Crippen MR) is 134 cm³/mol. The van der Waals surface area contributed by atoms with Crippen LogP contribution in [0.1, 0.15) is 50.0 Å². The Bertz CT molecular complexity index is 1120. The van der Waals surface area contributed by atoms with Gasteiger partial charge in [-0.05, 0) is 65.9 Å². The quantitative estimate of drug-likeness (QED) is 0.409. The van der Waals surface area contributed by atoms with Crippen molar-refractivity contribution >= 4 is 34.8 Å². The summed E-state index contributed by atoms with van der Waals surface area (Å²) in [7, 11) is 0. The van der Waals surface area contributed by atoms with Crippen molar-refractivity contribution in [3.63, 3.8) is 0 Å². The molecular formula is C27H29ClN2O3. The van der Waals surface area contributed by atoms with Gasteiger partial charge in [0.1, 0.15) is 5.75 Å². The molecule has 6 heteroatoms. The molecule has 3 aromatic rings. The summed E-state index contributed by atoms with van der Waals surface area (Å²) in [5, 5.41) is 6.28. The average molecular weight is 465 g/mol. The summed E-state index contributed by atoms with van der Waals surface area (Å²) in [5.41, 5.74) is 2.90. The molecule has 172 valence electrons. The zero-order valence-corrected chi connectivity index (χ0v) is 20.1. The number of carbonyl (C=O) groups is 2. The van der Waals surface area contributed by atoms with E-state index in [-0.39, 0.29) is 17.2 Å². The molecule has 0 aliphatic carbocycles. The highest BCUT2D eigenvalue weighted by atomic mass is 35.5. The predicted octanol–water partition coefficient (Wildman–Crippen LogP) is 6.69. The van der Waals surface area contributed by atoms with Gasteiger partial charge in [0.05, 0.1) is 0 Å². The Morgan fingerprint density at radius 3 is 2.15 bits per heavy atom. The number of carbonyl (C=O) groups excluding carboxylic acids is 2. The van der Waals surface area contributed by atoms with Crippen LogP contribution in [0.3, 0.4) is 0 Å². The van der Waals surface area contributed by atoms with E-state index in [1.807, 2.05) is 31.2 Å². The van der Waals surface area contributed by atoms with Crippen LogP contribution in [0.25, 0.3) is 0 Å². The van der Waals surface area contributed by atoms with Crippen LogP contribution in [0, 0.1) is 0 Å². The SMILES string of the molecule is CCC(Oc1cccc(Cl)c1)C(=O)Nc1cccc(NC(=O)c2ccc(C(C)(C)C)cc2)c1. The highest BCUT2D eigenvalue weighted by Crippen LogP contribution is 2.23. The normalized spacial score (nSPS) is 12.0. The molecule has 0 fully saturated rings. The Kier molecular flexibility index (Phi) is 7.77. The summed E-state index contributed by atoms with van der Waals surface area (Å²) in [6.07, 6.45) is -0.192. The molecule has 0 saturated heterocycles. The van der Waals surface area contributed by atoms with Crippen molar-refractivity contribution in [2.24, 2.45) is 0 Å². The number of amides is 2. The van der Waals surface area contributed by atoms with E-state index in [9.17, 15) is 9.59 Å². The topological polar surface area (TPSA) is 67.4 Å². The van der Waals surface area contributed by atoms with Crippen LogP contribution < -0.4 is 15.4 Å². The van der Waals surface area contributed by atoms with Gasteiger partial charge in [0, 0.05) is 22.0 Å². The fourth-order valence-corrected chi connectivity index (χ4v) is 3.43. The lowest BCUT2D eigenvalue weighted by Crippen LogP contribution is -2.32. The van der Waals surface area contributed by atoms with E-state index in [0.29, 0.717) is 34.1 Å². The number of nitrogens with one attached hydrogen (secondary N) is 2. The molecule has 0 aromatic heterocycles. The molecule has 2 amide bonds. The molecule has 0 saturated carbocycles. The van der Waals surface area contributed by atoms with E-state index in [4.69, 9.17) is 16.3 Å². The van der Waals surface area contributed by atoms with Crippen LogP contribution in [0.4, 0.5) is 11.4 Å². The molecule has 3 aromatic carbocycles. The van der Waals surface area contributed by atoms with Gasteiger partial charge in [-0.2, -0.15) is 0 Å². The number of ether oxygens (including phenoxy) is 1. The summed E-state index contributed by atoms with van der Waals surface area (Å²) >= 11 is 6.00. The van der Waals surface area contributed by atoms with Crippen molar-refractivity contribution in [3.05, 3.63) is 88.9 Å². The highest BCUT2D eigenvalue weighted by Gasteiger charge is 2.19. The van der Waals surface area contributed by atoms with E-state index in [1.165, 1.54) is 0 Å². The molecule has 2 N–H and O–H groups in total. The number of hydrogen-bond acceptors (Lipinski definition) is 3. The number of hydrogen-bond donors (Lipinski definition) is 2. The van der Waals surface area contributed by atoms with Gasteiger partial charge in [-0.1, -0.05) is 63.6 Å². The molecule has 1 atom stereocenters. The van der Waals surface area contributed by atoms with Gasteiger partial charge >= 0.3 is 0 Å². The maximum atomic E-state index is 12.7. The Morgan fingerprint density at radius 2 is 1.55 bits per heavy atom. The molecule has 0 bridgehead atoms. The first-order valence-electron chi connectivity index (χ1n) is 10.9. The zero-order valence-electron chi connectivity index (χ0n) is 19.3. The second-order valence-corrected chi connectivity index (χ2v) is 9.26.